The Morgan fingerprint density at radius 1 is 1.44 bits per heavy atom. The monoisotopic (exact) mass is 542 g/mol. The van der Waals surface area contributed by atoms with Crippen molar-refractivity contribution in [3.05, 3.63) is 21.7 Å². The molecule has 0 aliphatic carbocycles. The van der Waals surface area contributed by atoms with Crippen LogP contribution in [0.5, 0.6) is 0 Å². The van der Waals surface area contributed by atoms with Gasteiger partial charge in [0.2, 0.25) is 0 Å². The van der Waals surface area contributed by atoms with Crippen molar-refractivity contribution in [2.75, 3.05) is 23.8 Å². The first-order valence-corrected chi connectivity index (χ1v) is 11.4. The number of fused-ring (bicyclic) bond motifs is 1. The van der Waals surface area contributed by atoms with Crippen LogP contribution in [0.1, 0.15) is 5.69 Å². The van der Waals surface area contributed by atoms with E-state index in [4.69, 9.17) is 11.0 Å². The number of nitrogens with zero attached hydrogens (tertiary/aromatic N) is 5. The van der Waals surface area contributed by atoms with E-state index in [0.29, 0.717) is 4.91 Å². The summed E-state index contributed by atoms with van der Waals surface area (Å²) < 4.78 is 0. The Balaban J connectivity index is 0.00000289. The van der Waals surface area contributed by atoms with Crippen molar-refractivity contribution in [1.82, 2.24) is 9.88 Å². The van der Waals surface area contributed by atoms with Crippen molar-refractivity contribution in [2.45, 2.75) is 11.4 Å². The zero-order valence-electron chi connectivity index (χ0n) is 17.8. The molecule has 3 rings (SSSR count). The average Bonchev–Trinajstić information content (AvgIpc) is 3.17. The summed E-state index contributed by atoms with van der Waals surface area (Å²) >= 11 is 3.21. The van der Waals surface area contributed by atoms with Crippen molar-refractivity contribution in [3.63, 3.8) is 0 Å². The summed E-state index contributed by atoms with van der Waals surface area (Å²) in [6, 6.07) is 0.710. The molecular formula is C16H12N6Na2O7S3. The number of β-lactam (4-membered cyclic amide) rings is 1. The number of hydrogen-bond donors (Lipinski definition) is 2. The smallest absolute Gasteiger partial charge is 0.857 e. The van der Waals surface area contributed by atoms with E-state index in [0.717, 1.165) is 28.0 Å². The maximum absolute atomic E-state index is 12.7. The van der Waals surface area contributed by atoms with Gasteiger partial charge in [-0.15, -0.1) is 34.9 Å². The first kappa shape index (κ1) is 30.7. The third kappa shape index (κ3) is 6.89. The molecule has 168 valence electrons. The number of carboxylic acids is 2. The maximum Gasteiger partial charge on any atom is 1.00 e. The molecule has 3 heterocycles. The van der Waals surface area contributed by atoms with E-state index in [2.05, 4.69) is 20.0 Å². The molecule has 18 heteroatoms. The molecule has 0 radical (unpaired) electrons. The SMILES string of the molecule is N#CCSC1=C(C(=O)O)N2C(=O)[C@@H](N=C([O-])/C(=N/OCC(=O)[O-])c3csc(N)n3)[C@H]2SC1.[Na+].[Na+]. The molecule has 0 bridgehead atoms. The van der Waals surface area contributed by atoms with E-state index < -0.39 is 47.5 Å². The normalized spacial score (nSPS) is 19.7. The zero-order valence-corrected chi connectivity index (χ0v) is 24.2. The molecule has 0 unspecified atom stereocenters. The fourth-order valence-electron chi connectivity index (χ4n) is 2.72. The number of oxime groups is 1. The van der Waals surface area contributed by atoms with Crippen LogP contribution in [0.4, 0.5) is 5.13 Å². The number of carboxylic acid groups (broad SMARTS) is 2. The molecular weight excluding hydrogens is 530 g/mol. The van der Waals surface area contributed by atoms with Gasteiger partial charge in [0.25, 0.3) is 5.91 Å². The number of anilines is 1. The number of thiazole rings is 1. The summed E-state index contributed by atoms with van der Waals surface area (Å²) in [6.07, 6.45) is 0. The summed E-state index contributed by atoms with van der Waals surface area (Å²) in [4.78, 5) is 48.5. The van der Waals surface area contributed by atoms with Gasteiger partial charge in [0.1, 0.15) is 22.5 Å². The Morgan fingerprint density at radius 3 is 2.71 bits per heavy atom. The minimum Gasteiger partial charge on any atom is -0.857 e. The van der Waals surface area contributed by atoms with Gasteiger partial charge in [-0.05, 0) is 0 Å². The largest absolute Gasteiger partial charge is 1.00 e. The zero-order chi connectivity index (χ0) is 23.4. The van der Waals surface area contributed by atoms with E-state index in [-0.39, 0.29) is 87.1 Å². The third-order valence-corrected chi connectivity index (χ3v) is 7.06. The Bertz CT molecular complexity index is 1100. The molecule has 0 aromatic carbocycles. The van der Waals surface area contributed by atoms with Gasteiger partial charge >= 0.3 is 65.1 Å². The van der Waals surface area contributed by atoms with E-state index in [9.17, 15) is 29.7 Å². The first-order chi connectivity index (χ1) is 15.2. The molecule has 0 saturated carbocycles. The Kier molecular flexibility index (Phi) is 12.4. The number of nitriles is 1. The van der Waals surface area contributed by atoms with Crippen molar-refractivity contribution >= 4 is 69.4 Å². The molecule has 1 fully saturated rings. The molecule has 0 spiro atoms. The van der Waals surface area contributed by atoms with Crippen molar-refractivity contribution in [1.29, 1.82) is 5.26 Å². The number of amides is 1. The molecule has 34 heavy (non-hydrogen) atoms. The standard InChI is InChI=1S/C16H14N6O7S3.2Na/c17-1-2-30-7-5-31-14-10(13(26)22(14)11(7)15(27)28)20-12(25)9(21-29-3-8(23)24)6-4-32-16(18)19-6;;/h4,10,14H,2-3,5H2,(H2,18,19)(H,20,25)(H,23,24)(H,27,28);;/q;2*+1/p-2/b21-9+;;/t10-,14-;;/m1../s1. The molecule has 1 aromatic rings. The van der Waals surface area contributed by atoms with Crippen molar-refractivity contribution < 1.29 is 93.7 Å². The molecule has 3 N–H and O–H groups in total. The first-order valence-electron chi connectivity index (χ1n) is 8.51. The second-order valence-electron chi connectivity index (χ2n) is 5.97. The van der Waals surface area contributed by atoms with Gasteiger partial charge in [0.05, 0.1) is 17.8 Å². The predicted molar refractivity (Wildman–Crippen MR) is 111 cm³/mol. The number of hydrogen-bond acceptors (Lipinski definition) is 14. The molecule has 2 aliphatic rings. The molecule has 2 atom stereocenters. The molecule has 1 amide bonds. The van der Waals surface area contributed by atoms with Crippen LogP contribution < -0.4 is 75.1 Å². The average molecular weight is 542 g/mol. The Morgan fingerprint density at radius 2 is 2.15 bits per heavy atom. The molecule has 1 aromatic heterocycles. The van der Waals surface area contributed by atoms with Gasteiger partial charge in [-0.2, -0.15) is 5.26 Å². The van der Waals surface area contributed by atoms with E-state index in [1.54, 1.807) is 0 Å². The van der Waals surface area contributed by atoms with Gasteiger partial charge in [-0.1, -0.05) is 5.16 Å². The van der Waals surface area contributed by atoms with Gasteiger partial charge in [-0.3, -0.25) is 14.7 Å². The van der Waals surface area contributed by atoms with E-state index in [1.807, 2.05) is 6.07 Å². The van der Waals surface area contributed by atoms with E-state index in [1.165, 1.54) is 17.1 Å². The summed E-state index contributed by atoms with van der Waals surface area (Å²) in [7, 11) is 0. The number of nitrogen functional groups attached to an aromatic ring is 1. The summed E-state index contributed by atoms with van der Waals surface area (Å²) in [6.45, 7) is -0.930. The Labute approximate surface area is 249 Å². The second-order valence-corrected chi connectivity index (χ2v) is 9.03. The number of rotatable bonds is 9. The van der Waals surface area contributed by atoms with Gasteiger partial charge in [0, 0.05) is 21.9 Å². The summed E-state index contributed by atoms with van der Waals surface area (Å²) in [5.41, 5.74) is 4.82. The van der Waals surface area contributed by atoms with Gasteiger partial charge < -0.3 is 30.7 Å². The topological polar surface area (TPSA) is 217 Å². The molecule has 13 nitrogen and oxygen atoms in total. The number of carbonyl (C=O) groups is 3. The van der Waals surface area contributed by atoms with Crippen LogP contribution >= 0.6 is 34.9 Å². The third-order valence-electron chi connectivity index (χ3n) is 3.98. The van der Waals surface area contributed by atoms with Crippen LogP contribution in [-0.4, -0.2) is 74.0 Å². The number of thioether (sulfide) groups is 2. The quantitative estimate of drug-likeness (QED) is 0.0977. The fraction of sp³-hybridized carbons (Fsp3) is 0.312. The number of nitrogens with two attached hydrogens (primary N) is 1. The fourth-order valence-corrected chi connectivity index (χ4v) is 5.54. The summed E-state index contributed by atoms with van der Waals surface area (Å²) in [5.74, 6) is -4.38. The van der Waals surface area contributed by atoms with Gasteiger partial charge in [-0.25, -0.2) is 9.78 Å². The molecule has 1 saturated heterocycles. The van der Waals surface area contributed by atoms with E-state index >= 15 is 0 Å². The maximum atomic E-state index is 12.7. The number of carbonyl (C=O) groups excluding carboxylic acids is 2. The van der Waals surface area contributed by atoms with Crippen molar-refractivity contribution in [3.8, 4) is 6.07 Å². The van der Waals surface area contributed by atoms with Crippen LogP contribution in [0.2, 0.25) is 0 Å². The van der Waals surface area contributed by atoms with Crippen LogP contribution in [-0.2, 0) is 19.2 Å². The van der Waals surface area contributed by atoms with Crippen LogP contribution in [0.25, 0.3) is 0 Å². The van der Waals surface area contributed by atoms with Crippen molar-refractivity contribution in [2.24, 2.45) is 10.1 Å². The number of aliphatic carboxylic acids is 2. The predicted octanol–water partition coefficient (Wildman–Crippen LogP) is -8.20. The minimum absolute atomic E-state index is 0. The minimum atomic E-state index is -1.57. The Hall–Kier alpha value is -1.29. The van der Waals surface area contributed by atoms with Crippen LogP contribution in [0.15, 0.2) is 26.1 Å². The van der Waals surface area contributed by atoms with Crippen LogP contribution in [0.3, 0.4) is 0 Å². The summed E-state index contributed by atoms with van der Waals surface area (Å²) in [5, 5.41) is 45.7. The van der Waals surface area contributed by atoms with Gasteiger partial charge in [0.15, 0.2) is 17.8 Å². The molecule has 2 aliphatic heterocycles. The number of aromatic nitrogens is 1. The number of aliphatic imine (C=N–C) groups is 1. The van der Waals surface area contributed by atoms with Crippen LogP contribution in [0, 0.1) is 11.3 Å². The second kappa shape index (κ2) is 13.7.